The minimum Gasteiger partial charge on any atom is -0.399 e. The SMILES string of the molecule is CCCCCCCC=NOC. The van der Waals surface area contributed by atoms with Gasteiger partial charge in [0.2, 0.25) is 0 Å². The van der Waals surface area contributed by atoms with E-state index in [4.69, 9.17) is 0 Å². The lowest BCUT2D eigenvalue weighted by Gasteiger charge is -1.94. The number of hydrogen-bond donors (Lipinski definition) is 0. The Labute approximate surface area is 69.6 Å². The molecule has 0 saturated carbocycles. The number of nitrogens with zero attached hydrogens (tertiary/aromatic N) is 1. The Bertz CT molecular complexity index is 91.6. The number of rotatable bonds is 7. The molecule has 0 spiro atoms. The average Bonchev–Trinajstić information content (AvgIpc) is 2.03. The molecule has 2 nitrogen and oxygen atoms in total. The van der Waals surface area contributed by atoms with Crippen LogP contribution in [0.4, 0.5) is 0 Å². The van der Waals surface area contributed by atoms with Gasteiger partial charge in [-0.25, -0.2) is 0 Å². The van der Waals surface area contributed by atoms with Gasteiger partial charge in [-0.3, -0.25) is 0 Å². The first-order chi connectivity index (χ1) is 5.41. The first-order valence-corrected chi connectivity index (χ1v) is 4.46. The molecular weight excluding hydrogens is 138 g/mol. The van der Waals surface area contributed by atoms with Crippen molar-refractivity contribution in [3.8, 4) is 0 Å². The summed E-state index contributed by atoms with van der Waals surface area (Å²) >= 11 is 0. The molecule has 11 heavy (non-hydrogen) atoms. The first kappa shape index (κ1) is 10.5. The van der Waals surface area contributed by atoms with E-state index in [1.807, 2.05) is 6.21 Å². The Morgan fingerprint density at radius 2 is 1.91 bits per heavy atom. The Kier molecular flexibility index (Phi) is 9.01. The van der Waals surface area contributed by atoms with Crippen LogP contribution in [0.2, 0.25) is 0 Å². The van der Waals surface area contributed by atoms with E-state index in [2.05, 4.69) is 16.9 Å². The van der Waals surface area contributed by atoms with Crippen LogP contribution in [0.1, 0.15) is 45.4 Å². The van der Waals surface area contributed by atoms with Gasteiger partial charge in [-0.15, -0.1) is 0 Å². The van der Waals surface area contributed by atoms with Crippen molar-refractivity contribution in [2.24, 2.45) is 5.16 Å². The molecule has 66 valence electrons. The molecular formula is C9H19NO. The summed E-state index contributed by atoms with van der Waals surface area (Å²) in [6.45, 7) is 2.23. The highest BCUT2D eigenvalue weighted by Crippen LogP contribution is 2.03. The normalized spacial score (nSPS) is 10.7. The van der Waals surface area contributed by atoms with Crippen LogP contribution in [0, 0.1) is 0 Å². The predicted molar refractivity (Wildman–Crippen MR) is 48.9 cm³/mol. The van der Waals surface area contributed by atoms with Gasteiger partial charge in [0.05, 0.1) is 0 Å². The smallest absolute Gasteiger partial charge is 0.106 e. The summed E-state index contributed by atoms with van der Waals surface area (Å²) < 4.78 is 0. The Balaban J connectivity index is 2.85. The molecule has 0 radical (unpaired) electrons. The molecule has 0 rings (SSSR count). The van der Waals surface area contributed by atoms with Gasteiger partial charge in [0, 0.05) is 6.21 Å². The van der Waals surface area contributed by atoms with Crippen LogP contribution in [0.3, 0.4) is 0 Å². The van der Waals surface area contributed by atoms with Gasteiger partial charge in [0.15, 0.2) is 0 Å². The van der Waals surface area contributed by atoms with Gasteiger partial charge in [-0.1, -0.05) is 37.8 Å². The maximum Gasteiger partial charge on any atom is 0.106 e. The summed E-state index contributed by atoms with van der Waals surface area (Å²) in [6.07, 6.45) is 9.49. The minimum atomic E-state index is 1.05. The molecule has 0 fully saturated rings. The standard InChI is InChI=1S/C9H19NO/c1-3-4-5-6-7-8-9-10-11-2/h9H,3-8H2,1-2H3. The maximum absolute atomic E-state index is 4.54. The summed E-state index contributed by atoms with van der Waals surface area (Å²) in [6, 6.07) is 0. The van der Waals surface area contributed by atoms with E-state index >= 15 is 0 Å². The van der Waals surface area contributed by atoms with Gasteiger partial charge < -0.3 is 4.84 Å². The third-order valence-electron chi connectivity index (χ3n) is 1.62. The Morgan fingerprint density at radius 3 is 2.55 bits per heavy atom. The molecule has 0 aliphatic carbocycles. The molecule has 0 heterocycles. The molecule has 2 heteroatoms. The van der Waals surface area contributed by atoms with E-state index in [-0.39, 0.29) is 0 Å². The Morgan fingerprint density at radius 1 is 1.18 bits per heavy atom. The summed E-state index contributed by atoms with van der Waals surface area (Å²) in [5, 5.41) is 3.66. The fourth-order valence-electron chi connectivity index (χ4n) is 0.966. The van der Waals surface area contributed by atoms with E-state index in [1.54, 1.807) is 7.11 Å². The highest BCUT2D eigenvalue weighted by atomic mass is 16.6. The molecule has 0 aromatic carbocycles. The van der Waals surface area contributed by atoms with Crippen LogP contribution >= 0.6 is 0 Å². The molecule has 0 bridgehead atoms. The van der Waals surface area contributed by atoms with Gasteiger partial charge in [-0.2, -0.15) is 0 Å². The fraction of sp³-hybridized carbons (Fsp3) is 0.889. The van der Waals surface area contributed by atoms with Gasteiger partial charge in [0.1, 0.15) is 7.11 Å². The lowest BCUT2D eigenvalue weighted by atomic mass is 10.1. The van der Waals surface area contributed by atoms with Crippen LogP contribution in [0.5, 0.6) is 0 Å². The van der Waals surface area contributed by atoms with Crippen LogP contribution in [-0.4, -0.2) is 13.3 Å². The third kappa shape index (κ3) is 9.47. The molecule has 0 atom stereocenters. The molecule has 0 aromatic heterocycles. The third-order valence-corrected chi connectivity index (χ3v) is 1.62. The second-order valence-corrected chi connectivity index (χ2v) is 2.67. The Hall–Kier alpha value is -0.530. The van der Waals surface area contributed by atoms with Crippen LogP contribution < -0.4 is 0 Å². The van der Waals surface area contributed by atoms with Gasteiger partial charge in [-0.05, 0) is 12.8 Å². The second kappa shape index (κ2) is 9.47. The van der Waals surface area contributed by atoms with Crippen LogP contribution in [0.15, 0.2) is 5.16 Å². The quantitative estimate of drug-likeness (QED) is 0.316. The summed E-state index contributed by atoms with van der Waals surface area (Å²) in [4.78, 5) is 4.54. The van der Waals surface area contributed by atoms with Crippen molar-refractivity contribution in [2.75, 3.05) is 7.11 Å². The molecule has 0 aromatic rings. The minimum absolute atomic E-state index is 1.05. The molecule has 0 unspecified atom stereocenters. The highest BCUT2D eigenvalue weighted by Gasteiger charge is 1.86. The zero-order valence-electron chi connectivity index (χ0n) is 7.68. The number of unbranched alkanes of at least 4 members (excludes halogenated alkanes) is 5. The van der Waals surface area contributed by atoms with E-state index < -0.39 is 0 Å². The lowest BCUT2D eigenvalue weighted by Crippen LogP contribution is -1.80. The fourth-order valence-corrected chi connectivity index (χ4v) is 0.966. The largest absolute Gasteiger partial charge is 0.399 e. The maximum atomic E-state index is 4.54. The van der Waals surface area contributed by atoms with E-state index in [1.165, 1.54) is 32.1 Å². The van der Waals surface area contributed by atoms with Crippen molar-refractivity contribution in [3.05, 3.63) is 0 Å². The lowest BCUT2D eigenvalue weighted by molar-refractivity contribution is 0.214. The van der Waals surface area contributed by atoms with Crippen LogP contribution in [0.25, 0.3) is 0 Å². The van der Waals surface area contributed by atoms with E-state index in [9.17, 15) is 0 Å². The average molecular weight is 157 g/mol. The topological polar surface area (TPSA) is 21.6 Å². The molecule has 0 aliphatic rings. The summed E-state index contributed by atoms with van der Waals surface area (Å²) in [7, 11) is 1.58. The summed E-state index contributed by atoms with van der Waals surface area (Å²) in [5.74, 6) is 0. The van der Waals surface area contributed by atoms with Gasteiger partial charge >= 0.3 is 0 Å². The zero-order valence-corrected chi connectivity index (χ0v) is 7.68. The highest BCUT2D eigenvalue weighted by molar-refractivity contribution is 5.55. The monoisotopic (exact) mass is 157 g/mol. The van der Waals surface area contributed by atoms with Crippen molar-refractivity contribution in [1.29, 1.82) is 0 Å². The van der Waals surface area contributed by atoms with Crippen molar-refractivity contribution in [3.63, 3.8) is 0 Å². The molecule has 0 N–H and O–H groups in total. The van der Waals surface area contributed by atoms with Crippen molar-refractivity contribution < 1.29 is 4.84 Å². The van der Waals surface area contributed by atoms with Gasteiger partial charge in [0.25, 0.3) is 0 Å². The van der Waals surface area contributed by atoms with E-state index in [0.717, 1.165) is 6.42 Å². The number of hydrogen-bond acceptors (Lipinski definition) is 2. The second-order valence-electron chi connectivity index (χ2n) is 2.67. The van der Waals surface area contributed by atoms with Crippen molar-refractivity contribution in [1.82, 2.24) is 0 Å². The first-order valence-electron chi connectivity index (χ1n) is 4.46. The van der Waals surface area contributed by atoms with Crippen molar-refractivity contribution in [2.45, 2.75) is 45.4 Å². The number of oxime groups is 1. The van der Waals surface area contributed by atoms with E-state index in [0.29, 0.717) is 0 Å². The summed E-state index contributed by atoms with van der Waals surface area (Å²) in [5.41, 5.74) is 0. The predicted octanol–water partition coefficient (Wildman–Crippen LogP) is 2.98. The molecule has 0 aliphatic heterocycles. The molecule has 0 saturated heterocycles. The van der Waals surface area contributed by atoms with Crippen molar-refractivity contribution >= 4 is 6.21 Å². The molecule has 0 amide bonds. The zero-order chi connectivity index (χ0) is 8.36. The van der Waals surface area contributed by atoms with Crippen LogP contribution in [-0.2, 0) is 4.84 Å².